The molecule has 3 aromatic rings. The van der Waals surface area contributed by atoms with Crippen LogP contribution in [-0.4, -0.2) is 29.2 Å². The van der Waals surface area contributed by atoms with Crippen molar-refractivity contribution in [3.63, 3.8) is 0 Å². The van der Waals surface area contributed by atoms with Gasteiger partial charge in [-0.1, -0.05) is 0 Å². The number of methoxy groups -OCH3 is 2. The Hall–Kier alpha value is -3.66. The fraction of sp³-hybridized carbons (Fsp3) is 0.111. The molecule has 7 heteroatoms. The van der Waals surface area contributed by atoms with Crippen molar-refractivity contribution in [3.05, 3.63) is 54.4 Å². The largest absolute Gasteiger partial charge is 0.495 e. The Morgan fingerprint density at radius 3 is 2.60 bits per heavy atom. The van der Waals surface area contributed by atoms with Gasteiger partial charge in [-0.2, -0.15) is 5.26 Å². The number of nitrogens with one attached hydrogen (secondary N) is 1. The lowest BCUT2D eigenvalue weighted by atomic mass is 10.1. The minimum atomic E-state index is 0.429. The average Bonchev–Trinajstić information content (AvgIpc) is 2.68. The molecule has 0 bridgehead atoms. The van der Waals surface area contributed by atoms with Crippen LogP contribution in [0.1, 0.15) is 5.56 Å². The van der Waals surface area contributed by atoms with Crippen LogP contribution in [0.15, 0.2) is 48.8 Å². The second-order valence-corrected chi connectivity index (χ2v) is 5.01. The van der Waals surface area contributed by atoms with Crippen LogP contribution in [0.25, 0.3) is 11.3 Å². The Bertz CT molecular complexity index is 919. The molecule has 25 heavy (non-hydrogen) atoms. The first kappa shape index (κ1) is 16.2. The number of ether oxygens (including phenoxy) is 2. The molecular weight excluding hydrogens is 318 g/mol. The zero-order valence-electron chi connectivity index (χ0n) is 13.7. The molecule has 0 radical (unpaired) electrons. The molecule has 3 rings (SSSR count). The molecule has 0 aliphatic carbocycles. The lowest BCUT2D eigenvalue weighted by Gasteiger charge is -2.08. The summed E-state index contributed by atoms with van der Waals surface area (Å²) in [7, 11) is 3.10. The van der Waals surface area contributed by atoms with Crippen LogP contribution >= 0.6 is 0 Å². The number of rotatable bonds is 5. The third-order valence-corrected chi connectivity index (χ3v) is 3.47. The molecule has 2 heterocycles. The zero-order chi connectivity index (χ0) is 17.6. The van der Waals surface area contributed by atoms with E-state index in [2.05, 4.69) is 26.3 Å². The molecule has 0 aliphatic rings. The predicted molar refractivity (Wildman–Crippen MR) is 92.8 cm³/mol. The van der Waals surface area contributed by atoms with E-state index in [1.54, 1.807) is 43.8 Å². The molecule has 0 fully saturated rings. The maximum Gasteiger partial charge on any atom is 0.227 e. The van der Waals surface area contributed by atoms with Gasteiger partial charge >= 0.3 is 0 Å². The first-order chi connectivity index (χ1) is 12.2. The number of pyridine rings is 1. The molecule has 1 N–H and O–H groups in total. The molecule has 0 spiro atoms. The number of nitrogens with zero attached hydrogens (tertiary/aromatic N) is 4. The Kier molecular flexibility index (Phi) is 4.72. The molecule has 0 unspecified atom stereocenters. The van der Waals surface area contributed by atoms with Gasteiger partial charge in [0.05, 0.1) is 37.4 Å². The van der Waals surface area contributed by atoms with Crippen LogP contribution in [0.5, 0.6) is 11.6 Å². The SMILES string of the molecule is COc1ccc(Nc2nccc(-c3ccc(OC)c(C#N)c3)n2)cn1. The summed E-state index contributed by atoms with van der Waals surface area (Å²) in [6.45, 7) is 0. The molecule has 124 valence electrons. The van der Waals surface area contributed by atoms with Crippen LogP contribution in [0, 0.1) is 11.3 Å². The van der Waals surface area contributed by atoms with Crippen molar-refractivity contribution >= 4 is 11.6 Å². The zero-order valence-corrected chi connectivity index (χ0v) is 13.7. The predicted octanol–water partition coefficient (Wildman–Crippen LogP) is 3.17. The van der Waals surface area contributed by atoms with Crippen molar-refractivity contribution in [2.24, 2.45) is 0 Å². The molecule has 0 saturated carbocycles. The lowest BCUT2D eigenvalue weighted by molar-refractivity contribution is 0.398. The van der Waals surface area contributed by atoms with Crippen molar-refractivity contribution in [1.82, 2.24) is 15.0 Å². The van der Waals surface area contributed by atoms with Gasteiger partial charge in [-0.15, -0.1) is 0 Å². The van der Waals surface area contributed by atoms with E-state index in [4.69, 9.17) is 9.47 Å². The van der Waals surface area contributed by atoms with Crippen molar-refractivity contribution in [2.45, 2.75) is 0 Å². The van der Waals surface area contributed by atoms with Gasteiger partial charge in [0.15, 0.2) is 0 Å². The summed E-state index contributed by atoms with van der Waals surface area (Å²) in [4.78, 5) is 12.8. The summed E-state index contributed by atoms with van der Waals surface area (Å²) in [6, 6.07) is 12.8. The third-order valence-electron chi connectivity index (χ3n) is 3.47. The van der Waals surface area contributed by atoms with Crippen molar-refractivity contribution < 1.29 is 9.47 Å². The Morgan fingerprint density at radius 2 is 1.92 bits per heavy atom. The number of aromatic nitrogens is 3. The standard InChI is InChI=1S/C18H15N5O2/c1-24-16-5-3-12(9-13(16)10-19)15-7-8-20-18(23-15)22-14-4-6-17(25-2)21-11-14/h3-9,11H,1-2H3,(H,20,22,23). The highest BCUT2D eigenvalue weighted by Gasteiger charge is 2.08. The molecule has 7 nitrogen and oxygen atoms in total. The number of hydrogen-bond donors (Lipinski definition) is 1. The molecule has 0 saturated heterocycles. The molecular formula is C18H15N5O2. The third kappa shape index (κ3) is 3.64. The molecule has 2 aromatic heterocycles. The van der Waals surface area contributed by atoms with Gasteiger partial charge < -0.3 is 14.8 Å². The van der Waals surface area contributed by atoms with E-state index in [0.29, 0.717) is 28.8 Å². The second-order valence-electron chi connectivity index (χ2n) is 5.01. The second kappa shape index (κ2) is 7.27. The van der Waals surface area contributed by atoms with Gasteiger partial charge in [0.1, 0.15) is 11.8 Å². The van der Waals surface area contributed by atoms with E-state index >= 15 is 0 Å². The Labute approximate surface area is 144 Å². The molecule has 0 atom stereocenters. The molecule has 0 amide bonds. The van der Waals surface area contributed by atoms with E-state index in [9.17, 15) is 5.26 Å². The Morgan fingerprint density at radius 1 is 1.04 bits per heavy atom. The van der Waals surface area contributed by atoms with Crippen LogP contribution in [0.2, 0.25) is 0 Å². The van der Waals surface area contributed by atoms with Gasteiger partial charge in [-0.25, -0.2) is 15.0 Å². The number of nitriles is 1. The van der Waals surface area contributed by atoms with Crippen LogP contribution in [0.3, 0.4) is 0 Å². The van der Waals surface area contributed by atoms with Gasteiger partial charge in [0, 0.05) is 17.8 Å². The lowest BCUT2D eigenvalue weighted by Crippen LogP contribution is -1.99. The van der Waals surface area contributed by atoms with Crippen LogP contribution in [0.4, 0.5) is 11.6 Å². The average molecular weight is 333 g/mol. The maximum absolute atomic E-state index is 9.22. The topological polar surface area (TPSA) is 92.9 Å². The fourth-order valence-electron chi connectivity index (χ4n) is 2.24. The maximum atomic E-state index is 9.22. The van der Waals surface area contributed by atoms with E-state index in [-0.39, 0.29) is 0 Å². The van der Waals surface area contributed by atoms with E-state index in [1.807, 2.05) is 12.1 Å². The summed E-state index contributed by atoms with van der Waals surface area (Å²) in [5.41, 5.74) is 2.69. The first-order valence-electron chi connectivity index (χ1n) is 7.42. The number of hydrogen-bond acceptors (Lipinski definition) is 7. The summed E-state index contributed by atoms with van der Waals surface area (Å²) in [5.74, 6) is 1.49. The summed E-state index contributed by atoms with van der Waals surface area (Å²) in [6.07, 6.45) is 3.29. The van der Waals surface area contributed by atoms with E-state index < -0.39 is 0 Å². The monoisotopic (exact) mass is 333 g/mol. The molecule has 1 aromatic carbocycles. The summed E-state index contributed by atoms with van der Waals surface area (Å²) >= 11 is 0. The fourth-order valence-corrected chi connectivity index (χ4v) is 2.24. The minimum Gasteiger partial charge on any atom is -0.495 e. The van der Waals surface area contributed by atoms with E-state index in [1.165, 1.54) is 7.11 Å². The smallest absolute Gasteiger partial charge is 0.227 e. The molecule has 0 aliphatic heterocycles. The first-order valence-corrected chi connectivity index (χ1v) is 7.42. The quantitative estimate of drug-likeness (QED) is 0.766. The summed E-state index contributed by atoms with van der Waals surface area (Å²) < 4.78 is 10.2. The number of anilines is 2. The van der Waals surface area contributed by atoms with Gasteiger partial charge in [0.2, 0.25) is 11.8 Å². The normalized spacial score (nSPS) is 9.96. The highest BCUT2D eigenvalue weighted by Crippen LogP contribution is 2.25. The van der Waals surface area contributed by atoms with Gasteiger partial charge in [0.25, 0.3) is 0 Å². The highest BCUT2D eigenvalue weighted by molar-refractivity contribution is 5.65. The van der Waals surface area contributed by atoms with Crippen molar-refractivity contribution in [2.75, 3.05) is 19.5 Å². The van der Waals surface area contributed by atoms with Crippen LogP contribution in [-0.2, 0) is 0 Å². The van der Waals surface area contributed by atoms with Gasteiger partial charge in [-0.3, -0.25) is 0 Å². The van der Waals surface area contributed by atoms with Crippen molar-refractivity contribution in [3.8, 4) is 29.0 Å². The van der Waals surface area contributed by atoms with E-state index in [0.717, 1.165) is 11.3 Å². The van der Waals surface area contributed by atoms with Crippen molar-refractivity contribution in [1.29, 1.82) is 5.26 Å². The van der Waals surface area contributed by atoms with Crippen LogP contribution < -0.4 is 14.8 Å². The number of benzene rings is 1. The minimum absolute atomic E-state index is 0.429. The van der Waals surface area contributed by atoms with Gasteiger partial charge in [-0.05, 0) is 30.3 Å². The highest BCUT2D eigenvalue weighted by atomic mass is 16.5. The summed E-state index contributed by atoms with van der Waals surface area (Å²) in [5, 5.41) is 12.3. The Balaban J connectivity index is 1.87.